The Kier molecular flexibility index (Phi) is 4.43. The molecule has 1 aromatic carbocycles. The Balaban J connectivity index is 1.64. The highest BCUT2D eigenvalue weighted by atomic mass is 16.5. The van der Waals surface area contributed by atoms with E-state index >= 15 is 0 Å². The number of tetrazole rings is 1. The maximum Gasteiger partial charge on any atom is 0.340 e. The van der Waals surface area contributed by atoms with Gasteiger partial charge in [-0.3, -0.25) is 4.79 Å². The van der Waals surface area contributed by atoms with Gasteiger partial charge in [-0.15, -0.1) is 5.10 Å². The van der Waals surface area contributed by atoms with Crippen LogP contribution in [0, 0.1) is 17.2 Å². The normalized spacial score (nSPS) is 15.7. The molecule has 1 atom stereocenters. The van der Waals surface area contributed by atoms with Gasteiger partial charge in [0.05, 0.1) is 17.3 Å². The first-order valence-electron chi connectivity index (χ1n) is 7.75. The highest BCUT2D eigenvalue weighted by Gasteiger charge is 2.43. The Morgan fingerprint density at radius 1 is 1.44 bits per heavy atom. The van der Waals surface area contributed by atoms with Gasteiger partial charge in [0.25, 0.3) is 5.91 Å². The Morgan fingerprint density at radius 3 is 2.84 bits per heavy atom. The van der Waals surface area contributed by atoms with Crippen molar-refractivity contribution in [2.24, 2.45) is 5.92 Å². The molecule has 1 saturated carbocycles. The van der Waals surface area contributed by atoms with Gasteiger partial charge in [0, 0.05) is 0 Å². The van der Waals surface area contributed by atoms with E-state index in [0.29, 0.717) is 5.69 Å². The lowest BCUT2D eigenvalue weighted by Crippen LogP contribution is -2.48. The SMILES string of the molecule is C[C@@](C#N)(NC(=O)COC(=O)c1ccccc1-n1cnnn1)C1CC1. The largest absolute Gasteiger partial charge is 0.452 e. The summed E-state index contributed by atoms with van der Waals surface area (Å²) in [6, 6.07) is 8.74. The number of nitriles is 1. The van der Waals surface area contributed by atoms with Crippen LogP contribution in [0.2, 0.25) is 0 Å². The van der Waals surface area contributed by atoms with Gasteiger partial charge in [0.2, 0.25) is 0 Å². The second-order valence-electron chi connectivity index (χ2n) is 5.98. The zero-order chi connectivity index (χ0) is 17.9. The number of carbonyl (C=O) groups is 2. The van der Waals surface area contributed by atoms with Crippen LogP contribution in [0.4, 0.5) is 0 Å². The summed E-state index contributed by atoms with van der Waals surface area (Å²) < 4.78 is 6.41. The Hall–Kier alpha value is -3.28. The minimum atomic E-state index is -0.923. The van der Waals surface area contributed by atoms with E-state index in [1.807, 2.05) is 0 Å². The molecule has 0 unspecified atom stereocenters. The van der Waals surface area contributed by atoms with Gasteiger partial charge in [-0.05, 0) is 48.2 Å². The second-order valence-corrected chi connectivity index (χ2v) is 5.98. The van der Waals surface area contributed by atoms with Crippen molar-refractivity contribution in [3.63, 3.8) is 0 Å². The highest BCUT2D eigenvalue weighted by molar-refractivity contribution is 5.94. The van der Waals surface area contributed by atoms with Crippen molar-refractivity contribution < 1.29 is 14.3 Å². The zero-order valence-electron chi connectivity index (χ0n) is 13.5. The summed E-state index contributed by atoms with van der Waals surface area (Å²) >= 11 is 0. The molecular weight excluding hydrogens is 324 g/mol. The number of esters is 1. The fraction of sp³-hybridized carbons (Fsp3) is 0.375. The van der Waals surface area contributed by atoms with Crippen molar-refractivity contribution in [1.82, 2.24) is 25.5 Å². The molecule has 1 heterocycles. The second kappa shape index (κ2) is 6.68. The quantitative estimate of drug-likeness (QED) is 0.765. The minimum Gasteiger partial charge on any atom is -0.452 e. The third-order valence-electron chi connectivity index (χ3n) is 4.08. The Labute approximate surface area is 143 Å². The maximum absolute atomic E-state index is 12.3. The molecule has 1 amide bonds. The topological polar surface area (TPSA) is 123 Å². The van der Waals surface area contributed by atoms with Gasteiger partial charge >= 0.3 is 5.97 Å². The third-order valence-corrected chi connectivity index (χ3v) is 4.08. The van der Waals surface area contributed by atoms with Crippen molar-refractivity contribution in [1.29, 1.82) is 5.26 Å². The summed E-state index contributed by atoms with van der Waals surface area (Å²) in [5, 5.41) is 22.7. The van der Waals surface area contributed by atoms with Crippen LogP contribution in [0.1, 0.15) is 30.1 Å². The molecule has 1 aromatic heterocycles. The van der Waals surface area contributed by atoms with Gasteiger partial charge < -0.3 is 10.1 Å². The van der Waals surface area contributed by atoms with E-state index in [4.69, 9.17) is 4.74 Å². The fourth-order valence-electron chi connectivity index (χ4n) is 2.53. The van der Waals surface area contributed by atoms with E-state index < -0.39 is 24.0 Å². The molecule has 128 valence electrons. The molecule has 1 aliphatic rings. The highest BCUT2D eigenvalue weighted by Crippen LogP contribution is 2.39. The third kappa shape index (κ3) is 3.63. The van der Waals surface area contributed by atoms with E-state index in [1.54, 1.807) is 31.2 Å². The van der Waals surface area contributed by atoms with E-state index in [0.717, 1.165) is 12.8 Å². The molecule has 0 radical (unpaired) electrons. The lowest BCUT2D eigenvalue weighted by Gasteiger charge is -2.22. The van der Waals surface area contributed by atoms with Crippen LogP contribution in [-0.2, 0) is 9.53 Å². The number of carbonyl (C=O) groups excluding carboxylic acids is 2. The number of ether oxygens (including phenoxy) is 1. The van der Waals surface area contributed by atoms with E-state index in [2.05, 4.69) is 26.9 Å². The summed E-state index contributed by atoms with van der Waals surface area (Å²) in [5.74, 6) is -1.03. The molecule has 1 N–H and O–H groups in total. The van der Waals surface area contributed by atoms with Gasteiger partial charge in [0.1, 0.15) is 11.9 Å². The average molecular weight is 340 g/mol. The lowest BCUT2D eigenvalue weighted by atomic mass is 9.98. The summed E-state index contributed by atoms with van der Waals surface area (Å²) in [7, 11) is 0. The average Bonchev–Trinajstić information content (AvgIpc) is 3.35. The number of para-hydroxylation sites is 1. The number of hydrogen-bond donors (Lipinski definition) is 1. The van der Waals surface area contributed by atoms with Gasteiger partial charge in [-0.1, -0.05) is 12.1 Å². The Bertz CT molecular complexity index is 825. The molecular formula is C16H16N6O3. The maximum atomic E-state index is 12.3. The molecule has 3 rings (SSSR count). The molecule has 9 nitrogen and oxygen atoms in total. The summed E-state index contributed by atoms with van der Waals surface area (Å²) in [5.41, 5.74) is -0.251. The number of aromatic nitrogens is 4. The minimum absolute atomic E-state index is 0.151. The summed E-state index contributed by atoms with van der Waals surface area (Å²) in [6.45, 7) is 1.21. The molecule has 0 bridgehead atoms. The number of benzene rings is 1. The molecule has 0 aliphatic heterocycles. The van der Waals surface area contributed by atoms with E-state index in [-0.39, 0.29) is 11.5 Å². The van der Waals surface area contributed by atoms with Gasteiger partial charge in [0.15, 0.2) is 6.61 Å². The van der Waals surface area contributed by atoms with Crippen LogP contribution in [0.25, 0.3) is 5.69 Å². The smallest absolute Gasteiger partial charge is 0.340 e. The number of nitrogens with zero attached hydrogens (tertiary/aromatic N) is 5. The van der Waals surface area contributed by atoms with Crippen molar-refractivity contribution in [2.45, 2.75) is 25.3 Å². The summed E-state index contributed by atoms with van der Waals surface area (Å²) in [6.07, 6.45) is 3.17. The predicted octanol–water partition coefficient (Wildman–Crippen LogP) is 0.628. The van der Waals surface area contributed by atoms with Crippen LogP contribution >= 0.6 is 0 Å². The van der Waals surface area contributed by atoms with Gasteiger partial charge in [-0.2, -0.15) is 9.94 Å². The molecule has 1 aliphatic carbocycles. The van der Waals surface area contributed by atoms with Crippen LogP contribution in [0.5, 0.6) is 0 Å². The summed E-state index contributed by atoms with van der Waals surface area (Å²) in [4.78, 5) is 24.3. The molecule has 0 spiro atoms. The first kappa shape index (κ1) is 16.6. The number of hydrogen-bond acceptors (Lipinski definition) is 7. The van der Waals surface area contributed by atoms with Crippen molar-refractivity contribution in [3.05, 3.63) is 36.2 Å². The predicted molar refractivity (Wildman–Crippen MR) is 84.3 cm³/mol. The van der Waals surface area contributed by atoms with Crippen molar-refractivity contribution in [3.8, 4) is 11.8 Å². The molecule has 9 heteroatoms. The number of nitrogens with one attached hydrogen (secondary N) is 1. The van der Waals surface area contributed by atoms with Crippen LogP contribution < -0.4 is 5.32 Å². The Morgan fingerprint density at radius 2 is 2.20 bits per heavy atom. The van der Waals surface area contributed by atoms with Crippen LogP contribution in [0.3, 0.4) is 0 Å². The molecule has 1 fully saturated rings. The van der Waals surface area contributed by atoms with Crippen molar-refractivity contribution in [2.75, 3.05) is 6.61 Å². The van der Waals surface area contributed by atoms with Gasteiger partial charge in [-0.25, -0.2) is 4.79 Å². The van der Waals surface area contributed by atoms with Crippen LogP contribution in [0.15, 0.2) is 30.6 Å². The standard InChI is InChI=1S/C16H16N6O3/c1-16(9-17,11-6-7-11)19-14(23)8-25-15(24)12-4-2-3-5-13(12)22-10-18-20-21-22/h2-5,10-11H,6-8H2,1H3,(H,19,23)/t16-/m0/s1. The number of rotatable bonds is 6. The number of amides is 1. The lowest BCUT2D eigenvalue weighted by molar-refractivity contribution is -0.125. The zero-order valence-corrected chi connectivity index (χ0v) is 13.5. The molecule has 25 heavy (non-hydrogen) atoms. The first-order valence-corrected chi connectivity index (χ1v) is 7.75. The van der Waals surface area contributed by atoms with Crippen molar-refractivity contribution >= 4 is 11.9 Å². The molecule has 2 aromatic rings. The monoisotopic (exact) mass is 340 g/mol. The first-order chi connectivity index (χ1) is 12.0. The molecule has 0 saturated heterocycles. The van der Waals surface area contributed by atoms with Crippen LogP contribution in [-0.4, -0.2) is 44.2 Å². The fourth-order valence-corrected chi connectivity index (χ4v) is 2.53. The van der Waals surface area contributed by atoms with E-state index in [9.17, 15) is 14.9 Å². The van der Waals surface area contributed by atoms with E-state index in [1.165, 1.54) is 11.0 Å².